The number of nitrogens with one attached hydrogen (secondary N) is 1. The van der Waals surface area contributed by atoms with E-state index in [0.717, 1.165) is 11.1 Å². The van der Waals surface area contributed by atoms with E-state index in [9.17, 15) is 0 Å². The summed E-state index contributed by atoms with van der Waals surface area (Å²) in [6, 6.07) is 33.5. The van der Waals surface area contributed by atoms with Crippen LogP contribution in [0.3, 0.4) is 0 Å². The SMILES string of the molecule is N=C1C=CC=CC1=Nc1cn2c3ccc(-c4ccc5sc6ccccc6c5c4)cc3c3c4c(cc1c32)sc1ccccc14. The van der Waals surface area contributed by atoms with Crippen LogP contribution in [0.15, 0.2) is 126 Å². The lowest BCUT2D eigenvalue weighted by molar-refractivity contribution is 1.30. The molecule has 0 aliphatic heterocycles. The molecule has 9 aromatic rings. The first-order valence-electron chi connectivity index (χ1n) is 14.3. The molecule has 43 heavy (non-hydrogen) atoms. The highest BCUT2D eigenvalue weighted by Crippen LogP contribution is 2.48. The summed E-state index contributed by atoms with van der Waals surface area (Å²) in [4.78, 5) is 5.01. The molecule has 200 valence electrons. The Balaban J connectivity index is 1.29. The highest BCUT2D eigenvalue weighted by molar-refractivity contribution is 7.26. The summed E-state index contributed by atoms with van der Waals surface area (Å²) >= 11 is 3.70. The molecule has 1 aliphatic rings. The van der Waals surface area contributed by atoms with Crippen molar-refractivity contribution in [3.05, 3.63) is 121 Å². The summed E-state index contributed by atoms with van der Waals surface area (Å²) in [5.74, 6) is 0. The average Bonchev–Trinajstić information content (AvgIpc) is 3.78. The maximum Gasteiger partial charge on any atom is 0.0898 e. The van der Waals surface area contributed by atoms with Crippen molar-refractivity contribution in [2.75, 3.05) is 0 Å². The van der Waals surface area contributed by atoms with E-state index in [1.807, 2.05) is 40.9 Å². The van der Waals surface area contributed by atoms with E-state index in [4.69, 9.17) is 10.4 Å². The molecule has 0 atom stereocenters. The van der Waals surface area contributed by atoms with Crippen molar-refractivity contribution in [2.24, 2.45) is 4.99 Å². The summed E-state index contributed by atoms with van der Waals surface area (Å²) in [5.41, 5.74) is 6.85. The number of rotatable bonds is 2. The first-order valence-corrected chi connectivity index (χ1v) is 15.9. The van der Waals surface area contributed by atoms with Gasteiger partial charge in [0.15, 0.2) is 0 Å². The summed E-state index contributed by atoms with van der Waals surface area (Å²) in [6.07, 6.45) is 9.71. The van der Waals surface area contributed by atoms with Gasteiger partial charge in [0.1, 0.15) is 0 Å². The minimum Gasteiger partial charge on any atom is -0.313 e. The van der Waals surface area contributed by atoms with E-state index >= 15 is 0 Å². The average molecular weight is 584 g/mol. The number of thiophene rings is 2. The van der Waals surface area contributed by atoms with E-state index in [-0.39, 0.29) is 0 Å². The number of aliphatic imine (C=N–C) groups is 1. The van der Waals surface area contributed by atoms with Crippen LogP contribution in [0.4, 0.5) is 5.69 Å². The maximum absolute atomic E-state index is 8.40. The third kappa shape index (κ3) is 3.23. The van der Waals surface area contributed by atoms with Gasteiger partial charge in [-0.25, -0.2) is 4.99 Å². The second-order valence-corrected chi connectivity index (χ2v) is 13.3. The third-order valence-electron chi connectivity index (χ3n) is 8.79. The minimum atomic E-state index is 0.434. The Morgan fingerprint density at radius 3 is 2.14 bits per heavy atom. The van der Waals surface area contributed by atoms with Crippen LogP contribution in [-0.2, 0) is 0 Å². The van der Waals surface area contributed by atoms with Crippen LogP contribution in [0.2, 0.25) is 0 Å². The third-order valence-corrected chi connectivity index (χ3v) is 11.1. The molecule has 0 unspecified atom stereocenters. The van der Waals surface area contributed by atoms with Crippen molar-refractivity contribution in [2.45, 2.75) is 0 Å². The lowest BCUT2D eigenvalue weighted by Gasteiger charge is -2.05. The number of hydrogen-bond acceptors (Lipinski definition) is 4. The predicted octanol–water partition coefficient (Wildman–Crippen LogP) is 11.3. The smallest absolute Gasteiger partial charge is 0.0898 e. The molecule has 5 heteroatoms. The Labute approximate surface area is 253 Å². The van der Waals surface area contributed by atoms with Gasteiger partial charge in [0, 0.05) is 62.7 Å². The molecule has 4 aromatic heterocycles. The molecule has 4 heterocycles. The predicted molar refractivity (Wildman–Crippen MR) is 188 cm³/mol. The molecule has 3 nitrogen and oxygen atoms in total. The van der Waals surface area contributed by atoms with Gasteiger partial charge in [-0.2, -0.15) is 0 Å². The van der Waals surface area contributed by atoms with Crippen molar-refractivity contribution < 1.29 is 0 Å². The summed E-state index contributed by atoms with van der Waals surface area (Å²) < 4.78 is 7.53. The molecule has 0 spiro atoms. The first kappa shape index (κ1) is 23.5. The number of aromatic nitrogens is 1. The lowest BCUT2D eigenvalue weighted by atomic mass is 9.98. The molecule has 1 N–H and O–H groups in total. The van der Waals surface area contributed by atoms with Gasteiger partial charge < -0.3 is 4.40 Å². The van der Waals surface area contributed by atoms with Gasteiger partial charge in [-0.3, -0.25) is 5.41 Å². The van der Waals surface area contributed by atoms with Crippen LogP contribution < -0.4 is 0 Å². The van der Waals surface area contributed by atoms with Crippen molar-refractivity contribution in [3.8, 4) is 11.1 Å². The topological polar surface area (TPSA) is 40.6 Å². The zero-order valence-electron chi connectivity index (χ0n) is 22.8. The Hall–Kier alpha value is -5.10. The zero-order valence-corrected chi connectivity index (χ0v) is 24.4. The zero-order chi connectivity index (χ0) is 28.2. The van der Waals surface area contributed by atoms with Gasteiger partial charge in [-0.05, 0) is 65.7 Å². The van der Waals surface area contributed by atoms with E-state index in [1.165, 1.54) is 73.3 Å². The van der Waals surface area contributed by atoms with Crippen LogP contribution in [0.1, 0.15) is 0 Å². The summed E-state index contributed by atoms with van der Waals surface area (Å²) in [6.45, 7) is 0. The quantitative estimate of drug-likeness (QED) is 0.197. The second kappa shape index (κ2) is 8.48. The van der Waals surface area contributed by atoms with Crippen molar-refractivity contribution in [3.63, 3.8) is 0 Å². The van der Waals surface area contributed by atoms with E-state index in [2.05, 4.69) is 102 Å². The molecule has 0 saturated heterocycles. The highest BCUT2D eigenvalue weighted by Gasteiger charge is 2.22. The standard InChI is InChI=1S/C38H21N3S2/c39-28-9-3-4-10-29(28)40-30-20-41-31-15-13-21(22-14-16-34-25(17-22)23-7-1-5-11-32(23)42-34)18-27(31)37-36-24-8-2-6-12-33(24)43-35(36)19-26(30)38(37)41/h1-20,39H. The van der Waals surface area contributed by atoms with Gasteiger partial charge >= 0.3 is 0 Å². The van der Waals surface area contributed by atoms with Crippen LogP contribution >= 0.6 is 22.7 Å². The Morgan fingerprint density at radius 2 is 1.28 bits per heavy atom. The van der Waals surface area contributed by atoms with Gasteiger partial charge in [0.05, 0.1) is 28.1 Å². The fourth-order valence-corrected chi connectivity index (χ4v) is 9.09. The molecule has 0 amide bonds. The van der Waals surface area contributed by atoms with Crippen LogP contribution in [-0.4, -0.2) is 15.8 Å². The molecular weight excluding hydrogens is 563 g/mol. The Bertz CT molecular complexity index is 2750. The monoisotopic (exact) mass is 583 g/mol. The number of benzene rings is 5. The van der Waals surface area contributed by atoms with Gasteiger partial charge in [-0.15, -0.1) is 22.7 Å². The second-order valence-electron chi connectivity index (χ2n) is 11.2. The molecule has 10 rings (SSSR count). The van der Waals surface area contributed by atoms with E-state index < -0.39 is 0 Å². The van der Waals surface area contributed by atoms with Crippen molar-refractivity contribution in [1.29, 1.82) is 5.41 Å². The molecule has 0 radical (unpaired) electrons. The number of allylic oxidation sites excluding steroid dienone is 4. The molecule has 0 fully saturated rings. The number of nitrogens with zero attached hydrogens (tertiary/aromatic N) is 2. The van der Waals surface area contributed by atoms with Crippen LogP contribution in [0.5, 0.6) is 0 Å². The van der Waals surface area contributed by atoms with Gasteiger partial charge in [0.25, 0.3) is 0 Å². The summed E-state index contributed by atoms with van der Waals surface area (Å²) in [5, 5.41) is 17.3. The van der Waals surface area contributed by atoms with Crippen LogP contribution in [0.25, 0.3) is 78.7 Å². The van der Waals surface area contributed by atoms with E-state index in [0.29, 0.717) is 11.4 Å². The van der Waals surface area contributed by atoms with Gasteiger partial charge in [0.2, 0.25) is 0 Å². The normalized spacial score (nSPS) is 14.9. The maximum atomic E-state index is 8.40. The van der Waals surface area contributed by atoms with Crippen molar-refractivity contribution in [1.82, 2.24) is 4.40 Å². The largest absolute Gasteiger partial charge is 0.313 e. The van der Waals surface area contributed by atoms with E-state index in [1.54, 1.807) is 6.08 Å². The molecule has 5 aromatic carbocycles. The number of fused-ring (bicyclic) bond motifs is 10. The molecule has 0 saturated carbocycles. The minimum absolute atomic E-state index is 0.434. The molecule has 0 bridgehead atoms. The number of hydrogen-bond donors (Lipinski definition) is 1. The molecule has 1 aliphatic carbocycles. The fourth-order valence-electron chi connectivity index (χ4n) is 6.85. The molecular formula is C38H21N3S2. The highest BCUT2D eigenvalue weighted by atomic mass is 32.1. The fraction of sp³-hybridized carbons (Fsp3) is 0. The lowest BCUT2D eigenvalue weighted by Crippen LogP contribution is -2.08. The summed E-state index contributed by atoms with van der Waals surface area (Å²) in [7, 11) is 0. The van der Waals surface area contributed by atoms with Crippen molar-refractivity contribution >= 4 is 107 Å². The van der Waals surface area contributed by atoms with Gasteiger partial charge in [-0.1, -0.05) is 60.7 Å². The Morgan fingerprint density at radius 1 is 0.581 bits per heavy atom. The first-order chi connectivity index (χ1) is 21.2. The van der Waals surface area contributed by atoms with Crippen LogP contribution in [0, 0.1) is 5.41 Å². The Kier molecular flexibility index (Phi) is 4.63.